The maximum absolute atomic E-state index is 13.2. The lowest BCUT2D eigenvalue weighted by atomic mass is 10.0. The highest BCUT2D eigenvalue weighted by Gasteiger charge is 2.33. The van der Waals surface area contributed by atoms with Gasteiger partial charge in [-0.25, -0.2) is 9.97 Å². The quantitative estimate of drug-likeness (QED) is 0.588. The molecule has 0 spiro atoms. The van der Waals surface area contributed by atoms with Crippen LogP contribution in [0.5, 0.6) is 5.75 Å². The molecule has 0 saturated heterocycles. The highest BCUT2D eigenvalue weighted by molar-refractivity contribution is 5.96. The van der Waals surface area contributed by atoms with Gasteiger partial charge in [-0.1, -0.05) is 24.3 Å². The summed E-state index contributed by atoms with van der Waals surface area (Å²) in [6.07, 6.45) is -2.78. The van der Waals surface area contributed by atoms with Gasteiger partial charge < -0.3 is 10.5 Å². The number of nitrogen functional groups attached to an aromatic ring is 1. The van der Waals surface area contributed by atoms with Crippen molar-refractivity contribution in [3.8, 4) is 5.75 Å². The van der Waals surface area contributed by atoms with Crippen LogP contribution in [0.3, 0.4) is 0 Å². The van der Waals surface area contributed by atoms with Crippen molar-refractivity contribution < 1.29 is 17.9 Å². The molecule has 0 atom stereocenters. The number of para-hydroxylation sites is 1. The number of methoxy groups -OCH3 is 1. The van der Waals surface area contributed by atoms with Crippen LogP contribution in [0.15, 0.2) is 48.7 Å². The van der Waals surface area contributed by atoms with Gasteiger partial charge in [-0.05, 0) is 23.8 Å². The first-order chi connectivity index (χ1) is 12.9. The minimum atomic E-state index is -4.42. The summed E-state index contributed by atoms with van der Waals surface area (Å²) in [6.45, 7) is 0. The molecule has 0 aliphatic carbocycles. The van der Waals surface area contributed by atoms with Crippen molar-refractivity contribution in [1.29, 1.82) is 0 Å². The van der Waals surface area contributed by atoms with Crippen LogP contribution >= 0.6 is 0 Å². The van der Waals surface area contributed by atoms with E-state index < -0.39 is 11.7 Å². The van der Waals surface area contributed by atoms with E-state index in [1.54, 1.807) is 28.8 Å². The molecular formula is C19H15F3N4O. The Hall–Kier alpha value is -3.29. The average Bonchev–Trinajstić information content (AvgIpc) is 3.05. The van der Waals surface area contributed by atoms with E-state index in [1.165, 1.54) is 19.2 Å². The molecule has 2 aromatic heterocycles. The van der Waals surface area contributed by atoms with Crippen molar-refractivity contribution in [1.82, 2.24) is 14.4 Å². The predicted octanol–water partition coefficient (Wildman–Crippen LogP) is 4.08. The van der Waals surface area contributed by atoms with Gasteiger partial charge in [0.2, 0.25) is 5.95 Å². The first-order valence-electron chi connectivity index (χ1n) is 8.13. The van der Waals surface area contributed by atoms with Crippen LogP contribution in [-0.2, 0) is 12.6 Å². The SMILES string of the molecule is COc1cccc2c1nc(N)n1cc(Cc3ccccc3C(F)(F)F)nc21. The van der Waals surface area contributed by atoms with E-state index >= 15 is 0 Å². The van der Waals surface area contributed by atoms with Gasteiger partial charge in [-0.3, -0.25) is 4.40 Å². The maximum Gasteiger partial charge on any atom is 0.416 e. The number of benzene rings is 2. The average molecular weight is 372 g/mol. The molecule has 0 fully saturated rings. The Morgan fingerprint density at radius 1 is 1.07 bits per heavy atom. The second-order valence-electron chi connectivity index (χ2n) is 6.08. The van der Waals surface area contributed by atoms with E-state index in [0.717, 1.165) is 6.07 Å². The number of hydrogen-bond acceptors (Lipinski definition) is 4. The second-order valence-corrected chi connectivity index (χ2v) is 6.08. The molecule has 27 heavy (non-hydrogen) atoms. The number of imidazole rings is 1. The van der Waals surface area contributed by atoms with Gasteiger partial charge >= 0.3 is 6.18 Å². The molecule has 0 aliphatic heterocycles. The van der Waals surface area contributed by atoms with Gasteiger partial charge in [-0.15, -0.1) is 0 Å². The van der Waals surface area contributed by atoms with Gasteiger partial charge in [0.15, 0.2) is 0 Å². The second kappa shape index (κ2) is 6.15. The van der Waals surface area contributed by atoms with E-state index in [2.05, 4.69) is 9.97 Å². The lowest BCUT2D eigenvalue weighted by Crippen LogP contribution is -2.09. The van der Waals surface area contributed by atoms with Crippen LogP contribution in [0.2, 0.25) is 0 Å². The van der Waals surface area contributed by atoms with Gasteiger partial charge in [0.05, 0.1) is 18.4 Å². The largest absolute Gasteiger partial charge is 0.494 e. The first-order valence-corrected chi connectivity index (χ1v) is 8.13. The van der Waals surface area contributed by atoms with Crippen LogP contribution in [0.1, 0.15) is 16.8 Å². The number of rotatable bonds is 3. The molecule has 8 heteroatoms. The molecule has 5 nitrogen and oxygen atoms in total. The molecular weight excluding hydrogens is 357 g/mol. The van der Waals surface area contributed by atoms with Crippen molar-refractivity contribution in [2.24, 2.45) is 0 Å². The van der Waals surface area contributed by atoms with Gasteiger partial charge in [-0.2, -0.15) is 13.2 Å². The molecule has 0 saturated carbocycles. The molecule has 4 rings (SSSR count). The Morgan fingerprint density at radius 2 is 1.85 bits per heavy atom. The lowest BCUT2D eigenvalue weighted by Gasteiger charge is -2.11. The number of alkyl halides is 3. The molecule has 2 aromatic carbocycles. The fraction of sp³-hybridized carbons (Fsp3) is 0.158. The summed E-state index contributed by atoms with van der Waals surface area (Å²) in [7, 11) is 1.53. The fourth-order valence-corrected chi connectivity index (χ4v) is 3.18. The van der Waals surface area contributed by atoms with E-state index in [0.29, 0.717) is 28.0 Å². The number of ether oxygens (including phenoxy) is 1. The van der Waals surface area contributed by atoms with E-state index in [4.69, 9.17) is 10.5 Å². The zero-order chi connectivity index (χ0) is 19.2. The van der Waals surface area contributed by atoms with Gasteiger partial charge in [0, 0.05) is 18.0 Å². The van der Waals surface area contributed by atoms with Crippen LogP contribution in [0.4, 0.5) is 19.1 Å². The number of halogens is 3. The summed E-state index contributed by atoms with van der Waals surface area (Å²) < 4.78 is 46.6. The molecule has 0 bridgehead atoms. The summed E-state index contributed by atoms with van der Waals surface area (Å²) in [4.78, 5) is 8.86. The molecule has 0 radical (unpaired) electrons. The van der Waals surface area contributed by atoms with Crippen LogP contribution in [0, 0.1) is 0 Å². The Labute approximate surface area is 152 Å². The molecule has 0 aliphatic rings. The Kier molecular flexibility index (Phi) is 3.91. The summed E-state index contributed by atoms with van der Waals surface area (Å²) in [5.41, 5.74) is 7.06. The molecule has 2 N–H and O–H groups in total. The Morgan fingerprint density at radius 3 is 2.59 bits per heavy atom. The van der Waals surface area contributed by atoms with Crippen molar-refractivity contribution in [3.63, 3.8) is 0 Å². The highest BCUT2D eigenvalue weighted by Crippen LogP contribution is 2.33. The summed E-state index contributed by atoms with van der Waals surface area (Å²) in [6, 6.07) is 10.9. The van der Waals surface area contributed by atoms with Crippen LogP contribution in [0.25, 0.3) is 16.6 Å². The Bertz CT molecular complexity index is 1150. The third kappa shape index (κ3) is 2.92. The molecule has 2 heterocycles. The summed E-state index contributed by atoms with van der Waals surface area (Å²) in [5, 5.41) is 0.707. The summed E-state index contributed by atoms with van der Waals surface area (Å²) >= 11 is 0. The normalized spacial score (nSPS) is 12.0. The smallest absolute Gasteiger partial charge is 0.416 e. The molecule has 4 aromatic rings. The minimum absolute atomic E-state index is 0.0300. The number of hydrogen-bond donors (Lipinski definition) is 1. The minimum Gasteiger partial charge on any atom is -0.494 e. The van der Waals surface area contributed by atoms with Crippen molar-refractivity contribution >= 4 is 22.5 Å². The highest BCUT2D eigenvalue weighted by atomic mass is 19.4. The van der Waals surface area contributed by atoms with Gasteiger partial charge in [0.1, 0.15) is 16.9 Å². The van der Waals surface area contributed by atoms with E-state index in [9.17, 15) is 13.2 Å². The topological polar surface area (TPSA) is 65.4 Å². The molecule has 0 unspecified atom stereocenters. The third-order valence-electron chi connectivity index (χ3n) is 4.38. The predicted molar refractivity (Wildman–Crippen MR) is 95.7 cm³/mol. The zero-order valence-corrected chi connectivity index (χ0v) is 14.3. The monoisotopic (exact) mass is 372 g/mol. The van der Waals surface area contributed by atoms with Crippen molar-refractivity contribution in [2.75, 3.05) is 12.8 Å². The number of nitrogens with two attached hydrogens (primary N) is 1. The fourth-order valence-electron chi connectivity index (χ4n) is 3.18. The number of fused-ring (bicyclic) bond motifs is 3. The first kappa shape index (κ1) is 17.1. The molecule has 0 amide bonds. The summed E-state index contributed by atoms with van der Waals surface area (Å²) in [5.74, 6) is 0.735. The van der Waals surface area contributed by atoms with Crippen LogP contribution < -0.4 is 10.5 Å². The van der Waals surface area contributed by atoms with E-state index in [-0.39, 0.29) is 17.9 Å². The van der Waals surface area contributed by atoms with E-state index in [1.807, 2.05) is 6.07 Å². The van der Waals surface area contributed by atoms with Gasteiger partial charge in [0.25, 0.3) is 0 Å². The maximum atomic E-state index is 13.2. The Balaban J connectivity index is 1.86. The third-order valence-corrected chi connectivity index (χ3v) is 4.38. The molecule has 138 valence electrons. The number of aromatic nitrogens is 3. The van der Waals surface area contributed by atoms with Crippen LogP contribution in [-0.4, -0.2) is 21.5 Å². The standard InChI is InChI=1S/C19H15F3N4O/c1-27-15-8-4-6-13-16(15)25-18(23)26-10-12(24-17(13)26)9-11-5-2-3-7-14(11)19(20,21)22/h2-8,10H,9H2,1H3,(H2,23,25). The van der Waals surface area contributed by atoms with Crippen molar-refractivity contribution in [2.45, 2.75) is 12.6 Å². The lowest BCUT2D eigenvalue weighted by molar-refractivity contribution is -0.138. The number of anilines is 1. The number of nitrogens with zero attached hydrogens (tertiary/aromatic N) is 3. The van der Waals surface area contributed by atoms with Crippen molar-refractivity contribution in [3.05, 3.63) is 65.5 Å². The zero-order valence-electron chi connectivity index (χ0n) is 14.3.